The number of carbonyl (C=O) groups excluding carboxylic acids is 1. The molecular formula is C15H21BrN2O. The van der Waals surface area contributed by atoms with Gasteiger partial charge in [0.15, 0.2) is 0 Å². The Morgan fingerprint density at radius 1 is 1.42 bits per heavy atom. The fourth-order valence-electron chi connectivity index (χ4n) is 2.33. The predicted octanol–water partition coefficient (Wildman–Crippen LogP) is 3.11. The lowest BCUT2D eigenvalue weighted by molar-refractivity contribution is -0.119. The van der Waals surface area contributed by atoms with Crippen LogP contribution in [0.2, 0.25) is 0 Å². The average Bonchev–Trinajstić information content (AvgIpc) is 2.45. The van der Waals surface area contributed by atoms with Crippen LogP contribution in [0.4, 0.5) is 5.69 Å². The van der Waals surface area contributed by atoms with E-state index in [0.717, 1.165) is 28.8 Å². The third-order valence-electron chi connectivity index (χ3n) is 3.56. The topological polar surface area (TPSA) is 32.3 Å². The van der Waals surface area contributed by atoms with Crippen molar-refractivity contribution in [3.05, 3.63) is 28.2 Å². The van der Waals surface area contributed by atoms with Crippen molar-refractivity contribution >= 4 is 27.5 Å². The van der Waals surface area contributed by atoms with Crippen molar-refractivity contribution in [1.29, 1.82) is 0 Å². The first kappa shape index (κ1) is 14.5. The van der Waals surface area contributed by atoms with Crippen LogP contribution in [-0.4, -0.2) is 25.0 Å². The van der Waals surface area contributed by atoms with Crippen LogP contribution in [-0.2, 0) is 4.79 Å². The highest BCUT2D eigenvalue weighted by Gasteiger charge is 2.33. The van der Waals surface area contributed by atoms with Gasteiger partial charge in [-0.3, -0.25) is 4.79 Å². The highest BCUT2D eigenvalue weighted by Crippen LogP contribution is 2.28. The summed E-state index contributed by atoms with van der Waals surface area (Å²) in [5, 5.41) is 3.31. The Bertz CT molecular complexity index is 499. The van der Waals surface area contributed by atoms with Crippen molar-refractivity contribution in [3.8, 4) is 0 Å². The van der Waals surface area contributed by atoms with Crippen molar-refractivity contribution in [1.82, 2.24) is 5.32 Å². The van der Waals surface area contributed by atoms with Gasteiger partial charge in [0, 0.05) is 23.2 Å². The van der Waals surface area contributed by atoms with E-state index in [9.17, 15) is 4.79 Å². The van der Waals surface area contributed by atoms with Crippen molar-refractivity contribution in [3.63, 3.8) is 0 Å². The standard InChI is InChI=1S/C15H21BrN2O/c1-10-7-12(5-6-13(10)16)18-9-15(3,4)8-17-11(2)14(18)19/h5-7,11,17H,8-9H2,1-4H3. The molecule has 104 valence electrons. The lowest BCUT2D eigenvalue weighted by Crippen LogP contribution is -2.42. The number of amides is 1. The molecule has 3 nitrogen and oxygen atoms in total. The number of anilines is 1. The molecular weight excluding hydrogens is 304 g/mol. The van der Waals surface area contributed by atoms with Crippen LogP contribution in [0.5, 0.6) is 0 Å². The smallest absolute Gasteiger partial charge is 0.243 e. The van der Waals surface area contributed by atoms with Crippen LogP contribution in [0.3, 0.4) is 0 Å². The Kier molecular flexibility index (Phi) is 4.02. The first-order valence-corrected chi connectivity index (χ1v) is 7.40. The van der Waals surface area contributed by atoms with E-state index < -0.39 is 0 Å². The Balaban J connectivity index is 2.38. The molecule has 1 aromatic rings. The Morgan fingerprint density at radius 2 is 2.11 bits per heavy atom. The van der Waals surface area contributed by atoms with Gasteiger partial charge in [-0.1, -0.05) is 29.8 Å². The number of carbonyl (C=O) groups is 1. The number of halogens is 1. The number of nitrogens with zero attached hydrogens (tertiary/aromatic N) is 1. The Morgan fingerprint density at radius 3 is 2.74 bits per heavy atom. The lowest BCUT2D eigenvalue weighted by Gasteiger charge is -2.29. The van der Waals surface area contributed by atoms with Crippen LogP contribution in [0.25, 0.3) is 0 Å². The van der Waals surface area contributed by atoms with Crippen molar-refractivity contribution in [2.24, 2.45) is 5.41 Å². The summed E-state index contributed by atoms with van der Waals surface area (Å²) >= 11 is 3.50. The van der Waals surface area contributed by atoms with Crippen LogP contribution in [0.15, 0.2) is 22.7 Å². The van der Waals surface area contributed by atoms with E-state index in [4.69, 9.17) is 0 Å². The molecule has 2 rings (SSSR count). The minimum atomic E-state index is -0.134. The molecule has 0 radical (unpaired) electrons. The zero-order valence-corrected chi connectivity index (χ0v) is 13.5. The number of nitrogens with one attached hydrogen (secondary N) is 1. The van der Waals surface area contributed by atoms with E-state index in [2.05, 4.69) is 41.2 Å². The number of hydrogen-bond acceptors (Lipinski definition) is 2. The number of aryl methyl sites for hydroxylation is 1. The van der Waals surface area contributed by atoms with Gasteiger partial charge < -0.3 is 10.2 Å². The number of hydrogen-bond donors (Lipinski definition) is 1. The van der Waals surface area contributed by atoms with Gasteiger partial charge in [0.1, 0.15) is 0 Å². The molecule has 1 fully saturated rings. The Labute approximate surface area is 123 Å². The maximum Gasteiger partial charge on any atom is 0.243 e. The van der Waals surface area contributed by atoms with Crippen molar-refractivity contribution in [2.45, 2.75) is 33.7 Å². The molecule has 0 spiro atoms. The van der Waals surface area contributed by atoms with E-state index in [0.29, 0.717) is 0 Å². The molecule has 1 unspecified atom stereocenters. The molecule has 19 heavy (non-hydrogen) atoms. The first-order chi connectivity index (χ1) is 8.80. The minimum absolute atomic E-state index is 0.0708. The number of rotatable bonds is 1. The van der Waals surface area contributed by atoms with E-state index in [1.54, 1.807) is 0 Å². The third-order valence-corrected chi connectivity index (χ3v) is 4.45. The highest BCUT2D eigenvalue weighted by molar-refractivity contribution is 9.10. The molecule has 1 aliphatic rings. The summed E-state index contributed by atoms with van der Waals surface area (Å²) in [5.74, 6) is 0.146. The molecule has 0 aliphatic carbocycles. The molecule has 0 bridgehead atoms. The molecule has 1 amide bonds. The van der Waals surface area contributed by atoms with Gasteiger partial charge in [0.25, 0.3) is 0 Å². The van der Waals surface area contributed by atoms with Gasteiger partial charge in [-0.05, 0) is 43.0 Å². The summed E-state index contributed by atoms with van der Waals surface area (Å²) in [7, 11) is 0. The van der Waals surface area contributed by atoms with Crippen molar-refractivity contribution in [2.75, 3.05) is 18.0 Å². The molecule has 1 atom stereocenters. The van der Waals surface area contributed by atoms with Gasteiger partial charge in [0.2, 0.25) is 5.91 Å². The second-order valence-electron chi connectivity index (χ2n) is 6.12. The maximum absolute atomic E-state index is 12.5. The summed E-state index contributed by atoms with van der Waals surface area (Å²) in [5.41, 5.74) is 2.20. The molecule has 0 aromatic heterocycles. The predicted molar refractivity (Wildman–Crippen MR) is 82.5 cm³/mol. The quantitative estimate of drug-likeness (QED) is 0.860. The third kappa shape index (κ3) is 3.18. The molecule has 0 saturated carbocycles. The maximum atomic E-state index is 12.5. The summed E-state index contributed by atoms with van der Waals surface area (Å²) in [4.78, 5) is 14.4. The average molecular weight is 325 g/mol. The fourth-order valence-corrected chi connectivity index (χ4v) is 2.57. The summed E-state index contributed by atoms with van der Waals surface area (Å²) < 4.78 is 1.07. The van der Waals surface area contributed by atoms with Gasteiger partial charge in [-0.25, -0.2) is 0 Å². The molecule has 1 N–H and O–H groups in total. The molecule has 4 heteroatoms. The van der Waals surface area contributed by atoms with E-state index in [-0.39, 0.29) is 17.4 Å². The lowest BCUT2D eigenvalue weighted by atomic mass is 9.93. The zero-order valence-electron chi connectivity index (χ0n) is 12.0. The Hall–Kier alpha value is -0.870. The van der Waals surface area contributed by atoms with Gasteiger partial charge in [-0.15, -0.1) is 0 Å². The van der Waals surface area contributed by atoms with Crippen LogP contribution < -0.4 is 10.2 Å². The van der Waals surface area contributed by atoms with Gasteiger partial charge in [-0.2, -0.15) is 0 Å². The molecule has 1 aliphatic heterocycles. The molecule has 1 heterocycles. The summed E-state index contributed by atoms with van der Waals surface area (Å²) in [6.45, 7) is 9.94. The van der Waals surface area contributed by atoms with E-state index in [1.807, 2.05) is 30.9 Å². The largest absolute Gasteiger partial charge is 0.310 e. The van der Waals surface area contributed by atoms with Gasteiger partial charge >= 0.3 is 0 Å². The minimum Gasteiger partial charge on any atom is -0.310 e. The summed E-state index contributed by atoms with van der Waals surface area (Å²) in [6.07, 6.45) is 0. The summed E-state index contributed by atoms with van der Waals surface area (Å²) in [6, 6.07) is 5.94. The fraction of sp³-hybridized carbons (Fsp3) is 0.533. The first-order valence-electron chi connectivity index (χ1n) is 6.61. The monoisotopic (exact) mass is 324 g/mol. The molecule has 1 saturated heterocycles. The van der Waals surface area contributed by atoms with Crippen LogP contribution in [0.1, 0.15) is 26.3 Å². The van der Waals surface area contributed by atoms with E-state index >= 15 is 0 Å². The van der Waals surface area contributed by atoms with Crippen molar-refractivity contribution < 1.29 is 4.79 Å². The zero-order chi connectivity index (χ0) is 14.2. The molecule has 1 aromatic carbocycles. The van der Waals surface area contributed by atoms with Crippen LogP contribution in [0, 0.1) is 12.3 Å². The SMILES string of the molecule is Cc1cc(N2CC(C)(C)CNC(C)C2=O)ccc1Br. The van der Waals surface area contributed by atoms with E-state index in [1.165, 1.54) is 0 Å². The number of benzene rings is 1. The van der Waals surface area contributed by atoms with Gasteiger partial charge in [0.05, 0.1) is 6.04 Å². The normalized spacial score (nSPS) is 23.3. The highest BCUT2D eigenvalue weighted by atomic mass is 79.9. The second-order valence-corrected chi connectivity index (χ2v) is 6.98. The second kappa shape index (κ2) is 5.25. The van der Waals surface area contributed by atoms with Crippen LogP contribution >= 0.6 is 15.9 Å².